The summed E-state index contributed by atoms with van der Waals surface area (Å²) in [5, 5.41) is 6.55. The van der Waals surface area contributed by atoms with Gasteiger partial charge in [-0.3, -0.25) is 5.10 Å². The monoisotopic (exact) mass is 200 g/mol. The predicted molar refractivity (Wildman–Crippen MR) is 56.0 cm³/mol. The van der Waals surface area contributed by atoms with Crippen LogP contribution in [0, 0.1) is 0 Å². The molecule has 5 nitrogen and oxygen atoms in total. The number of H-pyrrole nitrogens is 1. The molecule has 15 heavy (non-hydrogen) atoms. The van der Waals surface area contributed by atoms with Crippen LogP contribution < -0.4 is 5.73 Å². The van der Waals surface area contributed by atoms with Crippen LogP contribution in [0.1, 0.15) is 0 Å². The van der Waals surface area contributed by atoms with Crippen LogP contribution in [0.15, 0.2) is 35.0 Å². The van der Waals surface area contributed by atoms with E-state index in [2.05, 4.69) is 15.2 Å². The first-order valence-electron chi connectivity index (χ1n) is 4.48. The van der Waals surface area contributed by atoms with Crippen LogP contribution in [-0.2, 0) is 0 Å². The second-order valence-corrected chi connectivity index (χ2v) is 3.23. The second kappa shape index (κ2) is 2.84. The Balaban J connectivity index is 2.22. The van der Waals surface area contributed by atoms with Gasteiger partial charge in [0.15, 0.2) is 5.58 Å². The Morgan fingerprint density at radius 3 is 3.07 bits per heavy atom. The largest absolute Gasteiger partial charge is 0.436 e. The van der Waals surface area contributed by atoms with Crippen LogP contribution in [-0.4, -0.2) is 15.2 Å². The summed E-state index contributed by atoms with van der Waals surface area (Å²) in [4.78, 5) is 4.31. The summed E-state index contributed by atoms with van der Waals surface area (Å²) in [7, 11) is 0. The van der Waals surface area contributed by atoms with Crippen LogP contribution in [0.2, 0.25) is 0 Å². The number of aromatic amines is 1. The van der Waals surface area contributed by atoms with Crippen LogP contribution in [0.5, 0.6) is 0 Å². The van der Waals surface area contributed by atoms with Crippen LogP contribution in [0.25, 0.3) is 22.6 Å². The van der Waals surface area contributed by atoms with E-state index in [-0.39, 0.29) is 0 Å². The molecule has 0 radical (unpaired) electrons. The lowest BCUT2D eigenvalue weighted by molar-refractivity contribution is 0.620. The number of nitrogens with zero attached hydrogens (tertiary/aromatic N) is 2. The molecule has 3 aromatic rings. The molecule has 0 aliphatic carbocycles. The Morgan fingerprint density at radius 1 is 1.33 bits per heavy atom. The third-order valence-electron chi connectivity index (χ3n) is 2.16. The summed E-state index contributed by atoms with van der Waals surface area (Å²) in [5.74, 6) is 0.546. The number of nitrogens with one attached hydrogen (secondary N) is 1. The normalized spacial score (nSPS) is 10.9. The van der Waals surface area contributed by atoms with Gasteiger partial charge >= 0.3 is 0 Å². The van der Waals surface area contributed by atoms with Crippen molar-refractivity contribution < 1.29 is 4.42 Å². The lowest BCUT2D eigenvalue weighted by Crippen LogP contribution is -1.81. The maximum Gasteiger partial charge on any atom is 0.230 e. The maximum atomic E-state index is 5.65. The molecule has 0 atom stereocenters. The molecule has 0 amide bonds. The van der Waals surface area contributed by atoms with Crippen molar-refractivity contribution in [3.8, 4) is 11.5 Å². The molecule has 5 heteroatoms. The highest BCUT2D eigenvalue weighted by molar-refractivity contribution is 5.79. The van der Waals surface area contributed by atoms with Gasteiger partial charge in [0.25, 0.3) is 0 Å². The summed E-state index contributed by atoms with van der Waals surface area (Å²) < 4.78 is 5.54. The molecule has 0 saturated carbocycles. The van der Waals surface area contributed by atoms with Gasteiger partial charge in [-0.15, -0.1) is 0 Å². The van der Waals surface area contributed by atoms with E-state index in [1.54, 1.807) is 24.5 Å². The molecule has 0 unspecified atom stereocenters. The number of fused-ring (bicyclic) bond motifs is 1. The summed E-state index contributed by atoms with van der Waals surface area (Å²) in [6.07, 6.45) is 3.39. The quantitative estimate of drug-likeness (QED) is 0.587. The Morgan fingerprint density at radius 2 is 2.27 bits per heavy atom. The average Bonchev–Trinajstić information content (AvgIpc) is 2.84. The Hall–Kier alpha value is -2.30. The van der Waals surface area contributed by atoms with Crippen molar-refractivity contribution in [2.45, 2.75) is 0 Å². The molecule has 1 aromatic carbocycles. The van der Waals surface area contributed by atoms with Crippen molar-refractivity contribution in [3.05, 3.63) is 30.6 Å². The van der Waals surface area contributed by atoms with E-state index in [0.29, 0.717) is 17.2 Å². The van der Waals surface area contributed by atoms with E-state index in [9.17, 15) is 0 Å². The van der Waals surface area contributed by atoms with Crippen molar-refractivity contribution in [2.24, 2.45) is 0 Å². The highest BCUT2D eigenvalue weighted by Crippen LogP contribution is 2.24. The van der Waals surface area contributed by atoms with Gasteiger partial charge in [-0.1, -0.05) is 0 Å². The molecule has 74 valence electrons. The zero-order chi connectivity index (χ0) is 10.3. The van der Waals surface area contributed by atoms with Crippen molar-refractivity contribution in [2.75, 3.05) is 5.73 Å². The number of rotatable bonds is 1. The Bertz CT molecular complexity index is 597. The third kappa shape index (κ3) is 1.25. The number of hydrogen-bond donors (Lipinski definition) is 2. The van der Waals surface area contributed by atoms with Gasteiger partial charge in [0.1, 0.15) is 5.52 Å². The summed E-state index contributed by atoms with van der Waals surface area (Å²) in [6.45, 7) is 0. The highest BCUT2D eigenvalue weighted by Gasteiger charge is 2.08. The molecule has 3 N–H and O–H groups in total. The van der Waals surface area contributed by atoms with Crippen LogP contribution in [0.4, 0.5) is 5.69 Å². The van der Waals surface area contributed by atoms with E-state index < -0.39 is 0 Å². The number of benzene rings is 1. The predicted octanol–water partition coefficient (Wildman–Crippen LogP) is 1.80. The van der Waals surface area contributed by atoms with E-state index in [1.165, 1.54) is 0 Å². The number of nitrogens with two attached hydrogens (primary N) is 1. The third-order valence-corrected chi connectivity index (χ3v) is 2.16. The lowest BCUT2D eigenvalue weighted by atomic mass is 10.3. The lowest BCUT2D eigenvalue weighted by Gasteiger charge is -1.88. The topological polar surface area (TPSA) is 80.7 Å². The molecule has 0 bridgehead atoms. The fourth-order valence-corrected chi connectivity index (χ4v) is 1.43. The molecule has 0 aliphatic rings. The van der Waals surface area contributed by atoms with Gasteiger partial charge in [-0.05, 0) is 12.1 Å². The Kier molecular flexibility index (Phi) is 1.53. The van der Waals surface area contributed by atoms with Crippen LogP contribution in [0.3, 0.4) is 0 Å². The fraction of sp³-hybridized carbons (Fsp3) is 0. The first-order valence-corrected chi connectivity index (χ1v) is 4.48. The van der Waals surface area contributed by atoms with Gasteiger partial charge in [0.2, 0.25) is 5.89 Å². The Labute approximate surface area is 84.9 Å². The number of anilines is 1. The minimum absolute atomic E-state index is 0.546. The molecule has 0 spiro atoms. The number of nitrogen functional groups attached to an aromatic ring is 1. The van der Waals surface area contributed by atoms with Crippen molar-refractivity contribution in [3.63, 3.8) is 0 Å². The van der Waals surface area contributed by atoms with E-state index in [4.69, 9.17) is 10.2 Å². The average molecular weight is 200 g/mol. The van der Waals surface area contributed by atoms with E-state index in [0.717, 1.165) is 11.1 Å². The zero-order valence-corrected chi connectivity index (χ0v) is 7.77. The zero-order valence-electron chi connectivity index (χ0n) is 7.77. The molecule has 2 aromatic heterocycles. The number of aromatic nitrogens is 3. The number of oxazole rings is 1. The number of hydrogen-bond acceptors (Lipinski definition) is 4. The standard InChI is InChI=1S/C10H8N4O/c11-7-1-2-8-9(3-7)15-10(14-8)6-4-12-13-5-6/h1-5H,11H2,(H,12,13). The van der Waals surface area contributed by atoms with Gasteiger partial charge in [0, 0.05) is 18.0 Å². The van der Waals surface area contributed by atoms with E-state index >= 15 is 0 Å². The van der Waals surface area contributed by atoms with E-state index in [1.807, 2.05) is 6.07 Å². The molecular weight excluding hydrogens is 192 g/mol. The maximum absolute atomic E-state index is 5.65. The molecule has 0 saturated heterocycles. The minimum atomic E-state index is 0.546. The van der Waals surface area contributed by atoms with Crippen molar-refractivity contribution in [1.29, 1.82) is 0 Å². The molecular formula is C10H8N4O. The smallest absolute Gasteiger partial charge is 0.230 e. The molecule has 3 rings (SSSR count). The van der Waals surface area contributed by atoms with Gasteiger partial charge < -0.3 is 10.2 Å². The van der Waals surface area contributed by atoms with Gasteiger partial charge in [-0.25, -0.2) is 4.98 Å². The second-order valence-electron chi connectivity index (χ2n) is 3.23. The minimum Gasteiger partial charge on any atom is -0.436 e. The van der Waals surface area contributed by atoms with Crippen molar-refractivity contribution in [1.82, 2.24) is 15.2 Å². The summed E-state index contributed by atoms with van der Waals surface area (Å²) >= 11 is 0. The van der Waals surface area contributed by atoms with Crippen LogP contribution >= 0.6 is 0 Å². The van der Waals surface area contributed by atoms with Crippen molar-refractivity contribution >= 4 is 16.8 Å². The fourth-order valence-electron chi connectivity index (χ4n) is 1.43. The van der Waals surface area contributed by atoms with Gasteiger partial charge in [-0.2, -0.15) is 5.10 Å². The first-order chi connectivity index (χ1) is 7.33. The molecule has 0 fully saturated rings. The highest BCUT2D eigenvalue weighted by atomic mass is 16.3. The summed E-state index contributed by atoms with van der Waals surface area (Å²) in [6, 6.07) is 5.38. The SMILES string of the molecule is Nc1ccc2nc(-c3cn[nH]c3)oc2c1. The first kappa shape index (κ1) is 8.05. The summed E-state index contributed by atoms with van der Waals surface area (Å²) in [5.41, 5.74) is 8.61. The van der Waals surface area contributed by atoms with Gasteiger partial charge in [0.05, 0.1) is 11.8 Å². The molecule has 2 heterocycles. The molecule has 0 aliphatic heterocycles.